The van der Waals surface area contributed by atoms with Crippen molar-refractivity contribution in [2.75, 3.05) is 12.5 Å². The average Bonchev–Trinajstić information content (AvgIpc) is 3.50. The van der Waals surface area contributed by atoms with Crippen LogP contribution in [0, 0.1) is 29.5 Å². The number of allylic oxidation sites excluding steroid dienone is 2. The number of phenolic OH excluding ortho intramolecular Hbond substituents is 1. The molecule has 2 N–H and O–H groups in total. The van der Waals surface area contributed by atoms with Crippen molar-refractivity contribution in [1.82, 2.24) is 9.91 Å². The summed E-state index contributed by atoms with van der Waals surface area (Å²) in [6.07, 6.45) is 2.23. The fraction of sp³-hybridized carbons (Fsp3) is 0.250. The van der Waals surface area contributed by atoms with Crippen LogP contribution >= 0.6 is 11.6 Å². The number of nitrogens with one attached hydrogen (secondary N) is 1. The second-order valence-corrected chi connectivity index (χ2v) is 14.0. The Morgan fingerprint density at radius 2 is 1.61 bits per heavy atom. The van der Waals surface area contributed by atoms with Crippen molar-refractivity contribution in [1.29, 1.82) is 0 Å². The van der Waals surface area contributed by atoms with Gasteiger partial charge in [-0.15, -0.1) is 0 Å². The minimum Gasteiger partial charge on any atom is -0.508 e. The standard InChI is InChI=1S/C40H33ClFN3O6/c1-51-32-9-5-8-31(46)34(32)35-27-18-19-28-33(38(49)44(36(28)47)21-22-6-3-2-4-7-22)29(27)20-30-37(48)45(43-26-16-14-25(42)15-17-26)39(50)40(30,35)23-10-12-24(41)13-11-23/h2-18,28-30,33,35,43,46H,19-21H2,1H3. The zero-order valence-corrected chi connectivity index (χ0v) is 28.2. The molecule has 6 unspecified atom stereocenters. The van der Waals surface area contributed by atoms with Gasteiger partial charge in [-0.3, -0.25) is 29.5 Å². The van der Waals surface area contributed by atoms with Gasteiger partial charge in [0.25, 0.3) is 11.8 Å². The lowest BCUT2D eigenvalue weighted by Gasteiger charge is -2.50. The molecule has 4 aromatic rings. The molecule has 4 aliphatic rings. The van der Waals surface area contributed by atoms with E-state index < -0.39 is 52.6 Å². The number of carbonyl (C=O) groups is 4. The summed E-state index contributed by atoms with van der Waals surface area (Å²) in [6.45, 7) is 0.120. The first-order valence-corrected chi connectivity index (χ1v) is 17.1. The zero-order valence-electron chi connectivity index (χ0n) is 27.5. The molecule has 11 heteroatoms. The summed E-state index contributed by atoms with van der Waals surface area (Å²) in [6, 6.07) is 26.1. The highest BCUT2D eigenvalue weighted by atomic mass is 35.5. The van der Waals surface area contributed by atoms with Crippen molar-refractivity contribution < 1.29 is 33.4 Å². The number of rotatable bonds is 7. The fourth-order valence-corrected chi connectivity index (χ4v) is 9.08. The predicted molar refractivity (Wildman–Crippen MR) is 186 cm³/mol. The van der Waals surface area contributed by atoms with Crippen LogP contribution in [0.25, 0.3) is 0 Å². The lowest BCUT2D eigenvalue weighted by molar-refractivity contribution is -0.142. The van der Waals surface area contributed by atoms with E-state index in [2.05, 4.69) is 5.43 Å². The van der Waals surface area contributed by atoms with Crippen molar-refractivity contribution in [2.45, 2.75) is 30.7 Å². The maximum atomic E-state index is 15.3. The number of hydrazine groups is 1. The van der Waals surface area contributed by atoms with Crippen LogP contribution in [0.2, 0.25) is 5.02 Å². The van der Waals surface area contributed by atoms with E-state index in [9.17, 15) is 23.9 Å². The van der Waals surface area contributed by atoms with E-state index in [4.69, 9.17) is 16.3 Å². The number of ether oxygens (including phenoxy) is 1. The molecule has 2 aliphatic carbocycles. The van der Waals surface area contributed by atoms with Gasteiger partial charge >= 0.3 is 0 Å². The average molecular weight is 706 g/mol. The van der Waals surface area contributed by atoms with Crippen LogP contribution in [0.1, 0.15) is 35.4 Å². The van der Waals surface area contributed by atoms with Crippen molar-refractivity contribution in [3.63, 3.8) is 0 Å². The summed E-state index contributed by atoms with van der Waals surface area (Å²) in [5.74, 6) is -6.21. The lowest BCUT2D eigenvalue weighted by atomic mass is 9.49. The SMILES string of the molecule is COc1cccc(O)c1C1C2=CCC3C(=O)N(Cc4ccccc4)C(=O)C3C2CC2C(=O)N(Nc3ccc(F)cc3)C(=O)C21c1ccc(Cl)cc1. The number of carbonyl (C=O) groups excluding carboxylic acids is 4. The zero-order chi connectivity index (χ0) is 35.6. The van der Waals surface area contributed by atoms with E-state index in [-0.39, 0.29) is 42.5 Å². The molecule has 1 saturated carbocycles. The number of likely N-dealkylation sites (tertiary alicyclic amines) is 1. The van der Waals surface area contributed by atoms with Gasteiger partial charge in [-0.25, -0.2) is 4.39 Å². The maximum Gasteiger partial charge on any atom is 0.260 e. The third-order valence-corrected chi connectivity index (χ3v) is 11.3. The molecule has 6 atom stereocenters. The summed E-state index contributed by atoms with van der Waals surface area (Å²) in [4.78, 5) is 59.6. The van der Waals surface area contributed by atoms with E-state index in [1.807, 2.05) is 36.4 Å². The molecule has 258 valence electrons. The van der Waals surface area contributed by atoms with Gasteiger partial charge in [0.1, 0.15) is 17.3 Å². The molecule has 4 amide bonds. The second-order valence-electron chi connectivity index (χ2n) is 13.5. The second kappa shape index (κ2) is 12.4. The van der Waals surface area contributed by atoms with Gasteiger partial charge in [-0.1, -0.05) is 71.8 Å². The van der Waals surface area contributed by atoms with Gasteiger partial charge < -0.3 is 9.84 Å². The van der Waals surface area contributed by atoms with Gasteiger partial charge in [0.15, 0.2) is 0 Å². The van der Waals surface area contributed by atoms with Crippen LogP contribution < -0.4 is 10.2 Å². The number of nitrogens with zero attached hydrogens (tertiary/aromatic N) is 2. The molecule has 4 aromatic carbocycles. The number of fused-ring (bicyclic) bond motifs is 4. The number of phenols is 1. The third-order valence-electron chi connectivity index (χ3n) is 11.1. The van der Waals surface area contributed by atoms with Crippen LogP contribution in [0.5, 0.6) is 11.5 Å². The van der Waals surface area contributed by atoms with E-state index in [0.717, 1.165) is 10.6 Å². The molecule has 2 saturated heterocycles. The highest BCUT2D eigenvalue weighted by molar-refractivity contribution is 6.30. The van der Waals surface area contributed by atoms with Crippen molar-refractivity contribution in [3.05, 3.63) is 136 Å². The first-order valence-electron chi connectivity index (χ1n) is 16.8. The number of anilines is 1. The van der Waals surface area contributed by atoms with Crippen LogP contribution in [0.3, 0.4) is 0 Å². The third kappa shape index (κ3) is 4.95. The van der Waals surface area contributed by atoms with Gasteiger partial charge in [0.05, 0.1) is 42.5 Å². The van der Waals surface area contributed by atoms with Gasteiger partial charge in [-0.05, 0) is 78.4 Å². The number of amides is 4. The summed E-state index contributed by atoms with van der Waals surface area (Å²) in [7, 11) is 1.46. The van der Waals surface area contributed by atoms with E-state index in [1.165, 1.54) is 42.3 Å². The van der Waals surface area contributed by atoms with E-state index in [1.54, 1.807) is 36.4 Å². The number of methoxy groups -OCH3 is 1. The summed E-state index contributed by atoms with van der Waals surface area (Å²) in [5.41, 5.74) is 3.84. The summed E-state index contributed by atoms with van der Waals surface area (Å²) < 4.78 is 19.7. The minimum absolute atomic E-state index is 0.0758. The maximum absolute atomic E-state index is 15.3. The highest BCUT2D eigenvalue weighted by Gasteiger charge is 2.71. The number of hydrogen-bond acceptors (Lipinski definition) is 7. The molecule has 2 aliphatic heterocycles. The number of halogens is 2. The topological polar surface area (TPSA) is 116 Å². The molecule has 51 heavy (non-hydrogen) atoms. The molecule has 0 radical (unpaired) electrons. The molecule has 8 rings (SSSR count). The van der Waals surface area contributed by atoms with E-state index >= 15 is 4.79 Å². The summed E-state index contributed by atoms with van der Waals surface area (Å²) in [5, 5.41) is 13.0. The Hall–Kier alpha value is -5.48. The van der Waals surface area contributed by atoms with Crippen LogP contribution in [-0.2, 0) is 31.1 Å². The number of benzene rings is 4. The van der Waals surface area contributed by atoms with Crippen LogP contribution in [-0.4, -0.2) is 45.8 Å². The van der Waals surface area contributed by atoms with Gasteiger partial charge in [0, 0.05) is 16.5 Å². The Morgan fingerprint density at radius 3 is 2.31 bits per heavy atom. The molecule has 0 bridgehead atoms. The van der Waals surface area contributed by atoms with Gasteiger partial charge in [0.2, 0.25) is 11.8 Å². The molecule has 3 fully saturated rings. The Bertz CT molecular complexity index is 2110. The Kier molecular flexibility index (Phi) is 7.94. The molecule has 0 spiro atoms. The Balaban J connectivity index is 1.33. The largest absolute Gasteiger partial charge is 0.508 e. The predicted octanol–water partition coefficient (Wildman–Crippen LogP) is 6.38. The van der Waals surface area contributed by atoms with Gasteiger partial charge in [-0.2, -0.15) is 5.01 Å². The fourth-order valence-electron chi connectivity index (χ4n) is 8.96. The highest BCUT2D eigenvalue weighted by Crippen LogP contribution is 2.66. The Labute approximate surface area is 298 Å². The molecule has 0 aromatic heterocycles. The van der Waals surface area contributed by atoms with Crippen molar-refractivity contribution in [3.8, 4) is 11.5 Å². The molecular formula is C40H33ClFN3O6. The number of aromatic hydroxyl groups is 1. The normalized spacial score (nSPS) is 26.8. The van der Waals surface area contributed by atoms with E-state index in [0.29, 0.717) is 27.6 Å². The monoisotopic (exact) mass is 705 g/mol. The minimum atomic E-state index is -1.65. The quantitative estimate of drug-likeness (QED) is 0.169. The first kappa shape index (κ1) is 32.7. The van der Waals surface area contributed by atoms with Crippen molar-refractivity contribution in [2.24, 2.45) is 23.7 Å². The first-order chi connectivity index (χ1) is 24.6. The number of imide groups is 2. The molecular weight excluding hydrogens is 673 g/mol. The summed E-state index contributed by atoms with van der Waals surface area (Å²) >= 11 is 6.35. The molecule has 9 nitrogen and oxygen atoms in total. The lowest BCUT2D eigenvalue weighted by Crippen LogP contribution is -2.53. The van der Waals surface area contributed by atoms with Crippen LogP contribution in [0.4, 0.5) is 10.1 Å². The van der Waals surface area contributed by atoms with Crippen LogP contribution in [0.15, 0.2) is 109 Å². The Morgan fingerprint density at radius 1 is 0.882 bits per heavy atom. The number of hydrogen-bond donors (Lipinski definition) is 2. The smallest absolute Gasteiger partial charge is 0.260 e. The van der Waals surface area contributed by atoms with Crippen molar-refractivity contribution >= 4 is 40.9 Å². The molecule has 2 heterocycles.